The Morgan fingerprint density at radius 2 is 1.87 bits per heavy atom. The van der Waals surface area contributed by atoms with E-state index in [2.05, 4.69) is 47.5 Å². The number of thiophene rings is 1. The highest BCUT2D eigenvalue weighted by Gasteiger charge is 2.21. The third-order valence-corrected chi connectivity index (χ3v) is 9.05. The van der Waals surface area contributed by atoms with Gasteiger partial charge in [-0.3, -0.25) is 9.69 Å². The molecule has 1 amide bonds. The standard InChI is InChI=1S/C32H34N2O3S/c1-21-16-22(4-5-24(21)19-34-14-2-3-15-34)17-29-28-12-9-26(35)18-30(28)38-32(29)23-6-10-27(11-7-23)37-20-25-8-13-31(36)33-25/h4-7,9-12,16,18,25,35H,2-3,8,13-15,17,19-20H2,1H3,(H,33,36). The number of carbonyl (C=O) groups excluding carboxylic acids is 1. The van der Waals surface area contributed by atoms with Crippen LogP contribution in [0, 0.1) is 6.92 Å². The van der Waals surface area contributed by atoms with Crippen molar-refractivity contribution in [3.05, 3.63) is 82.9 Å². The molecular formula is C32H34N2O3S. The maximum Gasteiger partial charge on any atom is 0.220 e. The zero-order valence-electron chi connectivity index (χ0n) is 21.8. The topological polar surface area (TPSA) is 61.8 Å². The van der Waals surface area contributed by atoms with Gasteiger partial charge in [0.25, 0.3) is 0 Å². The molecule has 3 heterocycles. The lowest BCUT2D eigenvalue weighted by Crippen LogP contribution is -2.30. The van der Waals surface area contributed by atoms with Crippen molar-refractivity contribution in [3.63, 3.8) is 0 Å². The van der Waals surface area contributed by atoms with Crippen LogP contribution < -0.4 is 10.1 Å². The highest BCUT2D eigenvalue weighted by molar-refractivity contribution is 7.22. The van der Waals surface area contributed by atoms with Gasteiger partial charge in [-0.05, 0) is 121 Å². The minimum Gasteiger partial charge on any atom is -0.508 e. The number of aryl methyl sites for hydroxylation is 1. The van der Waals surface area contributed by atoms with Crippen molar-refractivity contribution < 1.29 is 14.6 Å². The summed E-state index contributed by atoms with van der Waals surface area (Å²) < 4.78 is 7.05. The van der Waals surface area contributed by atoms with Crippen LogP contribution in [0.2, 0.25) is 0 Å². The van der Waals surface area contributed by atoms with Gasteiger partial charge in [-0.15, -0.1) is 11.3 Å². The molecule has 0 radical (unpaired) electrons. The van der Waals surface area contributed by atoms with Gasteiger partial charge < -0.3 is 15.2 Å². The first kappa shape index (κ1) is 25.0. The Balaban J connectivity index is 1.25. The summed E-state index contributed by atoms with van der Waals surface area (Å²) in [6.45, 7) is 6.18. The van der Waals surface area contributed by atoms with E-state index >= 15 is 0 Å². The van der Waals surface area contributed by atoms with Crippen molar-refractivity contribution in [2.75, 3.05) is 19.7 Å². The lowest BCUT2D eigenvalue weighted by atomic mass is 9.96. The van der Waals surface area contributed by atoms with Crippen LogP contribution in [0.1, 0.15) is 47.9 Å². The molecule has 1 unspecified atom stereocenters. The largest absolute Gasteiger partial charge is 0.508 e. The lowest BCUT2D eigenvalue weighted by Gasteiger charge is -2.17. The van der Waals surface area contributed by atoms with E-state index in [1.165, 1.54) is 58.4 Å². The summed E-state index contributed by atoms with van der Waals surface area (Å²) in [6, 6.07) is 21.0. The third-order valence-electron chi connectivity index (χ3n) is 7.81. The molecule has 6 rings (SSSR count). The highest BCUT2D eigenvalue weighted by atomic mass is 32.1. The first-order chi connectivity index (χ1) is 18.5. The van der Waals surface area contributed by atoms with Crippen molar-refractivity contribution >= 4 is 27.3 Å². The molecular weight excluding hydrogens is 492 g/mol. The maximum absolute atomic E-state index is 11.4. The van der Waals surface area contributed by atoms with E-state index in [0.29, 0.717) is 18.8 Å². The Morgan fingerprint density at radius 1 is 1.05 bits per heavy atom. The number of hydrogen-bond acceptors (Lipinski definition) is 5. The predicted molar refractivity (Wildman–Crippen MR) is 154 cm³/mol. The van der Waals surface area contributed by atoms with Crippen molar-refractivity contribution in [2.45, 2.75) is 51.6 Å². The number of ether oxygens (including phenoxy) is 1. The second kappa shape index (κ2) is 10.8. The van der Waals surface area contributed by atoms with Gasteiger partial charge in [-0.1, -0.05) is 18.2 Å². The molecule has 0 spiro atoms. The van der Waals surface area contributed by atoms with E-state index in [1.807, 2.05) is 24.3 Å². The van der Waals surface area contributed by atoms with Gasteiger partial charge in [0, 0.05) is 22.5 Å². The summed E-state index contributed by atoms with van der Waals surface area (Å²) in [5.41, 5.74) is 6.51. The Labute approximate surface area is 228 Å². The quantitative estimate of drug-likeness (QED) is 0.278. The van der Waals surface area contributed by atoms with E-state index in [9.17, 15) is 9.90 Å². The Kier molecular flexibility index (Phi) is 7.09. The van der Waals surface area contributed by atoms with Crippen LogP contribution in [0.15, 0.2) is 60.7 Å². The van der Waals surface area contributed by atoms with Crippen LogP contribution in [0.5, 0.6) is 11.5 Å². The Hall–Kier alpha value is -3.35. The molecule has 196 valence electrons. The summed E-state index contributed by atoms with van der Waals surface area (Å²) >= 11 is 1.72. The number of benzene rings is 3. The fraction of sp³-hybridized carbons (Fsp3) is 0.344. The van der Waals surface area contributed by atoms with Crippen LogP contribution in [0.25, 0.3) is 20.5 Å². The number of aromatic hydroxyl groups is 1. The van der Waals surface area contributed by atoms with Crippen molar-refractivity contribution in [1.82, 2.24) is 10.2 Å². The first-order valence-corrected chi connectivity index (χ1v) is 14.4. The van der Waals surface area contributed by atoms with Crippen LogP contribution in [-0.2, 0) is 17.8 Å². The van der Waals surface area contributed by atoms with Gasteiger partial charge in [0.1, 0.15) is 18.1 Å². The molecule has 2 N–H and O–H groups in total. The van der Waals surface area contributed by atoms with Gasteiger partial charge >= 0.3 is 0 Å². The van der Waals surface area contributed by atoms with E-state index in [-0.39, 0.29) is 11.9 Å². The summed E-state index contributed by atoms with van der Waals surface area (Å²) in [4.78, 5) is 15.2. The zero-order chi connectivity index (χ0) is 26.1. The molecule has 5 nitrogen and oxygen atoms in total. The van der Waals surface area contributed by atoms with Gasteiger partial charge in [0.2, 0.25) is 5.91 Å². The number of phenols is 1. The number of carbonyl (C=O) groups is 1. The van der Waals surface area contributed by atoms with E-state index in [0.717, 1.165) is 35.4 Å². The molecule has 2 saturated heterocycles. The molecule has 6 heteroatoms. The number of likely N-dealkylation sites (tertiary alicyclic amines) is 1. The molecule has 0 saturated carbocycles. The average molecular weight is 527 g/mol. The number of nitrogens with zero attached hydrogens (tertiary/aromatic N) is 1. The van der Waals surface area contributed by atoms with Crippen LogP contribution >= 0.6 is 11.3 Å². The minimum absolute atomic E-state index is 0.0919. The smallest absolute Gasteiger partial charge is 0.220 e. The molecule has 1 atom stereocenters. The number of hydrogen-bond donors (Lipinski definition) is 2. The van der Waals surface area contributed by atoms with Gasteiger partial charge in [-0.25, -0.2) is 0 Å². The molecule has 2 aliphatic rings. The Morgan fingerprint density at radius 3 is 2.61 bits per heavy atom. The Bertz CT molecular complexity index is 1450. The number of rotatable bonds is 8. The normalized spacial score (nSPS) is 17.8. The number of phenolic OH excluding ortho intramolecular Hbond substituents is 1. The molecule has 2 aliphatic heterocycles. The summed E-state index contributed by atoms with van der Waals surface area (Å²) in [5.74, 6) is 1.20. The van der Waals surface area contributed by atoms with Crippen LogP contribution in [-0.4, -0.2) is 41.7 Å². The van der Waals surface area contributed by atoms with Gasteiger partial charge in [0.15, 0.2) is 0 Å². The summed E-state index contributed by atoms with van der Waals surface area (Å²) in [5, 5.41) is 14.3. The molecule has 0 aliphatic carbocycles. The SMILES string of the molecule is Cc1cc(Cc2c(-c3ccc(OCC4CCC(=O)N4)cc3)sc3cc(O)ccc23)ccc1CN1CCCC1. The fourth-order valence-electron chi connectivity index (χ4n) is 5.68. The average Bonchev–Trinajstić information content (AvgIpc) is 3.66. The van der Waals surface area contributed by atoms with E-state index < -0.39 is 0 Å². The number of nitrogens with one attached hydrogen (secondary N) is 1. The maximum atomic E-state index is 11.4. The third kappa shape index (κ3) is 5.42. The molecule has 3 aromatic carbocycles. The molecule has 1 aromatic heterocycles. The highest BCUT2D eigenvalue weighted by Crippen LogP contribution is 2.41. The van der Waals surface area contributed by atoms with Crippen LogP contribution in [0.3, 0.4) is 0 Å². The van der Waals surface area contributed by atoms with Crippen molar-refractivity contribution in [3.8, 4) is 21.9 Å². The van der Waals surface area contributed by atoms with Crippen molar-refractivity contribution in [1.29, 1.82) is 0 Å². The summed E-state index contributed by atoms with van der Waals surface area (Å²) in [6.07, 6.45) is 4.87. The van der Waals surface area contributed by atoms with Gasteiger partial charge in [0.05, 0.1) is 6.04 Å². The van der Waals surface area contributed by atoms with Crippen LogP contribution in [0.4, 0.5) is 0 Å². The number of amides is 1. The first-order valence-electron chi connectivity index (χ1n) is 13.6. The monoisotopic (exact) mass is 526 g/mol. The predicted octanol–water partition coefficient (Wildman–Crippen LogP) is 6.43. The molecule has 0 bridgehead atoms. The van der Waals surface area contributed by atoms with E-state index in [4.69, 9.17) is 4.74 Å². The second-order valence-electron chi connectivity index (χ2n) is 10.6. The lowest BCUT2D eigenvalue weighted by molar-refractivity contribution is -0.119. The minimum atomic E-state index is 0.0919. The van der Waals surface area contributed by atoms with Gasteiger partial charge in [-0.2, -0.15) is 0 Å². The second-order valence-corrected chi connectivity index (χ2v) is 11.7. The molecule has 4 aromatic rings. The van der Waals surface area contributed by atoms with Crippen molar-refractivity contribution in [2.24, 2.45) is 0 Å². The molecule has 38 heavy (non-hydrogen) atoms. The number of fused-ring (bicyclic) bond motifs is 1. The summed E-state index contributed by atoms with van der Waals surface area (Å²) in [7, 11) is 0. The molecule has 2 fully saturated rings. The van der Waals surface area contributed by atoms with E-state index in [1.54, 1.807) is 17.4 Å². The fourth-order valence-corrected chi connectivity index (χ4v) is 6.94. The zero-order valence-corrected chi connectivity index (χ0v) is 22.7.